The molecule has 1 aliphatic rings. The first-order valence-corrected chi connectivity index (χ1v) is 6.77. The molecule has 0 N–H and O–H groups in total. The molecule has 9 heteroatoms. The molecule has 0 aromatic heterocycles. The van der Waals surface area contributed by atoms with E-state index < -0.39 is 15.6 Å². The normalized spacial score (nSPS) is 19.2. The zero-order chi connectivity index (χ0) is 14.4. The average molecular weight is 293 g/mol. The van der Waals surface area contributed by atoms with Gasteiger partial charge in [0.15, 0.2) is 10.1 Å². The first-order chi connectivity index (χ1) is 8.02. The topological polar surface area (TPSA) is 66.4 Å². The SMILES string of the molecule is COCC[N+]1(C)CCCC1.O=S(=O)([O-])C(F)(F)F. The highest BCUT2D eigenvalue weighted by molar-refractivity contribution is 7.86. The molecule has 0 amide bonds. The summed E-state index contributed by atoms with van der Waals surface area (Å²) in [4.78, 5) is 0. The molecular weight excluding hydrogens is 275 g/mol. The van der Waals surface area contributed by atoms with Gasteiger partial charge in [0, 0.05) is 20.0 Å². The quantitative estimate of drug-likeness (QED) is 0.441. The van der Waals surface area contributed by atoms with E-state index in [0.29, 0.717) is 0 Å². The van der Waals surface area contributed by atoms with Gasteiger partial charge in [-0.25, -0.2) is 8.42 Å². The van der Waals surface area contributed by atoms with Crippen molar-refractivity contribution in [3.8, 4) is 0 Å². The Hall–Kier alpha value is -0.380. The monoisotopic (exact) mass is 293 g/mol. The molecule has 110 valence electrons. The molecule has 5 nitrogen and oxygen atoms in total. The van der Waals surface area contributed by atoms with E-state index in [4.69, 9.17) is 17.7 Å². The van der Waals surface area contributed by atoms with E-state index >= 15 is 0 Å². The Morgan fingerprint density at radius 3 is 1.94 bits per heavy atom. The molecule has 1 heterocycles. The number of likely N-dealkylation sites (tertiary alicyclic amines) is 1. The molecule has 0 unspecified atom stereocenters. The lowest BCUT2D eigenvalue weighted by Gasteiger charge is -2.28. The van der Waals surface area contributed by atoms with Crippen LogP contribution in [0, 0.1) is 0 Å². The number of hydrogen-bond acceptors (Lipinski definition) is 4. The zero-order valence-electron chi connectivity index (χ0n) is 10.4. The van der Waals surface area contributed by atoms with Gasteiger partial charge >= 0.3 is 5.51 Å². The molecule has 18 heavy (non-hydrogen) atoms. The van der Waals surface area contributed by atoms with Crippen molar-refractivity contribution in [1.29, 1.82) is 0 Å². The number of hydrogen-bond donors (Lipinski definition) is 0. The molecule has 1 saturated heterocycles. The summed E-state index contributed by atoms with van der Waals surface area (Å²) in [6.07, 6.45) is 2.81. The van der Waals surface area contributed by atoms with Crippen molar-refractivity contribution in [3.05, 3.63) is 0 Å². The molecule has 0 bridgehead atoms. The zero-order valence-corrected chi connectivity index (χ0v) is 11.2. The van der Waals surface area contributed by atoms with E-state index in [0.717, 1.165) is 6.61 Å². The largest absolute Gasteiger partial charge is 0.741 e. The minimum Gasteiger partial charge on any atom is -0.741 e. The lowest BCUT2D eigenvalue weighted by atomic mass is 10.4. The van der Waals surface area contributed by atoms with Crippen LogP contribution in [0.5, 0.6) is 0 Å². The third kappa shape index (κ3) is 6.53. The van der Waals surface area contributed by atoms with Crippen LogP contribution in [-0.2, 0) is 14.9 Å². The predicted molar refractivity (Wildman–Crippen MR) is 57.6 cm³/mol. The van der Waals surface area contributed by atoms with Crippen LogP contribution in [0.2, 0.25) is 0 Å². The van der Waals surface area contributed by atoms with Gasteiger partial charge < -0.3 is 13.8 Å². The van der Waals surface area contributed by atoms with Crippen LogP contribution in [0.1, 0.15) is 12.8 Å². The van der Waals surface area contributed by atoms with E-state index in [2.05, 4.69) is 7.05 Å². The van der Waals surface area contributed by atoms with Crippen molar-refractivity contribution in [3.63, 3.8) is 0 Å². The molecular formula is C9H18F3NO4S. The fourth-order valence-electron chi connectivity index (χ4n) is 1.63. The maximum Gasteiger partial charge on any atom is 0.485 e. The van der Waals surface area contributed by atoms with E-state index in [1.807, 2.05) is 0 Å². The number of methoxy groups -OCH3 is 1. The molecule has 0 saturated carbocycles. The molecule has 0 aromatic carbocycles. The standard InChI is InChI=1S/C8H18NO.CHF3O3S/c1-9(7-8-10-2)5-3-4-6-9;2-1(3,4)8(5,6)7/h3-8H2,1-2H3;(H,5,6,7)/q+1;/p-1. The Labute approximate surface area is 105 Å². The highest BCUT2D eigenvalue weighted by atomic mass is 32.2. The van der Waals surface area contributed by atoms with Crippen molar-refractivity contribution in [1.82, 2.24) is 0 Å². The molecule has 1 rings (SSSR count). The summed E-state index contributed by atoms with van der Waals surface area (Å²) in [5.74, 6) is 0. The Kier molecular flexibility index (Phi) is 6.55. The number of ether oxygens (including phenoxy) is 1. The van der Waals surface area contributed by atoms with Crippen molar-refractivity contribution in [2.24, 2.45) is 0 Å². The number of quaternary nitrogens is 1. The van der Waals surface area contributed by atoms with Crippen molar-refractivity contribution < 1.29 is 35.4 Å². The average Bonchev–Trinajstić information content (AvgIpc) is 2.61. The highest BCUT2D eigenvalue weighted by Gasteiger charge is 2.36. The van der Waals surface area contributed by atoms with Gasteiger partial charge in [-0.2, -0.15) is 13.2 Å². The Bertz CT molecular complexity index is 336. The van der Waals surface area contributed by atoms with Crippen LogP contribution in [0.3, 0.4) is 0 Å². The molecule has 0 aliphatic carbocycles. The van der Waals surface area contributed by atoms with Gasteiger partial charge in [0.05, 0.1) is 26.7 Å². The number of likely N-dealkylation sites (N-methyl/N-ethyl adjacent to an activating group) is 1. The van der Waals surface area contributed by atoms with Crippen LogP contribution in [0.25, 0.3) is 0 Å². The van der Waals surface area contributed by atoms with Crippen LogP contribution < -0.4 is 0 Å². The lowest BCUT2D eigenvalue weighted by molar-refractivity contribution is -0.897. The minimum absolute atomic E-state index is 0.913. The maximum absolute atomic E-state index is 10.7. The predicted octanol–water partition coefficient (Wildman–Crippen LogP) is 0.925. The van der Waals surface area contributed by atoms with Crippen molar-refractivity contribution in [2.75, 3.05) is 40.4 Å². The van der Waals surface area contributed by atoms with Gasteiger partial charge in [-0.1, -0.05) is 0 Å². The van der Waals surface area contributed by atoms with Crippen LogP contribution >= 0.6 is 0 Å². The second kappa shape index (κ2) is 6.69. The maximum atomic E-state index is 10.7. The Morgan fingerprint density at radius 1 is 1.28 bits per heavy atom. The summed E-state index contributed by atoms with van der Waals surface area (Å²) in [5, 5.41) is 0. The summed E-state index contributed by atoms with van der Waals surface area (Å²) in [6.45, 7) is 4.81. The van der Waals surface area contributed by atoms with E-state index in [-0.39, 0.29) is 0 Å². The molecule has 0 atom stereocenters. The summed E-state index contributed by atoms with van der Waals surface area (Å²) >= 11 is 0. The second-order valence-corrected chi connectivity index (χ2v) is 5.76. The van der Waals surface area contributed by atoms with E-state index in [1.54, 1.807) is 7.11 Å². The van der Waals surface area contributed by atoms with Gasteiger partial charge in [0.2, 0.25) is 0 Å². The molecule has 1 fully saturated rings. The third-order valence-corrected chi connectivity index (χ3v) is 3.33. The summed E-state index contributed by atoms with van der Waals surface area (Å²) in [5.41, 5.74) is -5.65. The van der Waals surface area contributed by atoms with Gasteiger partial charge in [-0.15, -0.1) is 0 Å². The summed E-state index contributed by atoms with van der Waals surface area (Å²) in [7, 11) is -1.98. The van der Waals surface area contributed by atoms with Crippen LogP contribution in [0.4, 0.5) is 13.2 Å². The Balaban J connectivity index is 0.000000331. The van der Waals surface area contributed by atoms with Gasteiger partial charge in [-0.3, -0.25) is 0 Å². The van der Waals surface area contributed by atoms with Gasteiger partial charge in [-0.05, 0) is 0 Å². The minimum atomic E-state index is -6.09. The fourth-order valence-corrected chi connectivity index (χ4v) is 1.63. The molecule has 0 spiro atoms. The summed E-state index contributed by atoms with van der Waals surface area (Å²) in [6, 6.07) is 0. The first-order valence-electron chi connectivity index (χ1n) is 5.36. The first kappa shape index (κ1) is 17.6. The number of alkyl halides is 3. The fraction of sp³-hybridized carbons (Fsp3) is 1.00. The number of rotatable bonds is 3. The summed E-state index contributed by atoms with van der Waals surface area (Å²) < 4.78 is 65.2. The number of nitrogens with zero attached hydrogens (tertiary/aromatic N) is 1. The van der Waals surface area contributed by atoms with Gasteiger partial charge in [0.25, 0.3) is 0 Å². The second-order valence-electron chi connectivity index (χ2n) is 4.39. The molecule has 0 aromatic rings. The van der Waals surface area contributed by atoms with E-state index in [9.17, 15) is 13.2 Å². The molecule has 0 radical (unpaired) electrons. The third-order valence-electron chi connectivity index (χ3n) is 2.76. The van der Waals surface area contributed by atoms with Crippen LogP contribution in [-0.4, -0.2) is 63.4 Å². The molecule has 1 aliphatic heterocycles. The lowest BCUT2D eigenvalue weighted by Crippen LogP contribution is -2.43. The Morgan fingerprint density at radius 2 is 1.67 bits per heavy atom. The van der Waals surface area contributed by atoms with E-state index in [1.165, 1.54) is 37.0 Å². The van der Waals surface area contributed by atoms with Gasteiger partial charge in [0.1, 0.15) is 6.54 Å². The smallest absolute Gasteiger partial charge is 0.485 e. The van der Waals surface area contributed by atoms with Crippen LogP contribution in [0.15, 0.2) is 0 Å². The van der Waals surface area contributed by atoms with Crippen molar-refractivity contribution in [2.45, 2.75) is 18.3 Å². The van der Waals surface area contributed by atoms with Crippen molar-refractivity contribution >= 4 is 10.1 Å². The highest BCUT2D eigenvalue weighted by Crippen LogP contribution is 2.20. The number of halogens is 3.